The zero-order valence-corrected chi connectivity index (χ0v) is 11.0. The van der Waals surface area contributed by atoms with Gasteiger partial charge in [-0.15, -0.1) is 0 Å². The fourth-order valence-electron chi connectivity index (χ4n) is 1.71. The Bertz CT molecular complexity index is 187. The predicted octanol–water partition coefficient (Wildman–Crippen LogP) is 3.29. The molecule has 1 heterocycles. The summed E-state index contributed by atoms with van der Waals surface area (Å²) < 4.78 is 0. The molecule has 2 heteroatoms. The van der Waals surface area contributed by atoms with Gasteiger partial charge >= 0.3 is 0 Å². The van der Waals surface area contributed by atoms with Gasteiger partial charge in [0.25, 0.3) is 0 Å². The average molecular weight is 210 g/mol. The largest absolute Gasteiger partial charge is 0.298 e. The molecule has 0 amide bonds. The second-order valence-electron chi connectivity index (χ2n) is 4.60. The second-order valence-corrected chi connectivity index (χ2v) is 4.60. The van der Waals surface area contributed by atoms with Crippen molar-refractivity contribution in [2.24, 2.45) is 11.8 Å². The predicted molar refractivity (Wildman–Crippen MR) is 65.6 cm³/mol. The first-order valence-electron chi connectivity index (χ1n) is 6.27. The molecule has 0 spiro atoms. The summed E-state index contributed by atoms with van der Waals surface area (Å²) in [4.78, 5) is 2.41. The van der Waals surface area contributed by atoms with Gasteiger partial charge in [-0.1, -0.05) is 27.7 Å². The van der Waals surface area contributed by atoms with Crippen molar-refractivity contribution in [3.05, 3.63) is 0 Å². The van der Waals surface area contributed by atoms with Crippen molar-refractivity contribution in [3.63, 3.8) is 0 Å². The number of hydrogen-bond acceptors (Lipinski definition) is 2. The molecule has 2 nitrogen and oxygen atoms in total. The van der Waals surface area contributed by atoms with Crippen molar-refractivity contribution in [1.82, 2.24) is 4.90 Å². The first kappa shape index (κ1) is 14.5. The van der Waals surface area contributed by atoms with Gasteiger partial charge in [-0.05, 0) is 25.7 Å². The van der Waals surface area contributed by atoms with Crippen molar-refractivity contribution >= 4 is 0 Å². The van der Waals surface area contributed by atoms with Crippen molar-refractivity contribution in [2.45, 2.75) is 53.5 Å². The molecule has 0 aliphatic carbocycles. The molecule has 1 aliphatic rings. The fraction of sp³-hybridized carbons (Fsp3) is 0.923. The first-order chi connectivity index (χ1) is 7.13. The lowest BCUT2D eigenvalue weighted by Gasteiger charge is -2.40. The lowest BCUT2D eigenvalue weighted by atomic mass is 9.96. The summed E-state index contributed by atoms with van der Waals surface area (Å²) in [5, 5.41) is 8.63. The smallest absolute Gasteiger partial charge is 0.0717 e. The Labute approximate surface area is 95.3 Å². The average Bonchev–Trinajstić information content (AvgIpc) is 2.16. The van der Waals surface area contributed by atoms with E-state index in [-0.39, 0.29) is 0 Å². The zero-order chi connectivity index (χ0) is 11.8. The van der Waals surface area contributed by atoms with Gasteiger partial charge in [0.05, 0.1) is 12.0 Å². The number of nitriles is 1. The fourth-order valence-corrected chi connectivity index (χ4v) is 1.71. The van der Waals surface area contributed by atoms with E-state index in [1.807, 2.05) is 13.8 Å². The van der Waals surface area contributed by atoms with E-state index in [1.165, 1.54) is 12.8 Å². The zero-order valence-electron chi connectivity index (χ0n) is 11.0. The van der Waals surface area contributed by atoms with E-state index >= 15 is 0 Å². The van der Waals surface area contributed by atoms with Crippen molar-refractivity contribution in [2.75, 3.05) is 13.1 Å². The highest BCUT2D eigenvalue weighted by atomic mass is 15.2. The van der Waals surface area contributed by atoms with E-state index in [0.29, 0.717) is 12.0 Å². The summed E-state index contributed by atoms with van der Waals surface area (Å²) in [6.07, 6.45) is 2.57. The summed E-state index contributed by atoms with van der Waals surface area (Å²) in [5.41, 5.74) is 0. The van der Waals surface area contributed by atoms with E-state index in [1.54, 1.807) is 0 Å². The van der Waals surface area contributed by atoms with Crippen LogP contribution in [0.25, 0.3) is 0 Å². The molecule has 0 aromatic heterocycles. The van der Waals surface area contributed by atoms with Crippen molar-refractivity contribution in [1.29, 1.82) is 5.26 Å². The van der Waals surface area contributed by atoms with Gasteiger partial charge in [0.1, 0.15) is 0 Å². The van der Waals surface area contributed by atoms with Gasteiger partial charge in [0, 0.05) is 19.1 Å². The lowest BCUT2D eigenvalue weighted by molar-refractivity contribution is 0.0816. The lowest BCUT2D eigenvalue weighted by Crippen LogP contribution is -2.50. The molecule has 1 atom stereocenters. The summed E-state index contributed by atoms with van der Waals surface area (Å²) in [6, 6.07) is 2.98. The highest BCUT2D eigenvalue weighted by Gasteiger charge is 2.29. The Morgan fingerprint density at radius 3 is 2.13 bits per heavy atom. The van der Waals surface area contributed by atoms with Crippen molar-refractivity contribution < 1.29 is 0 Å². The maximum absolute atomic E-state index is 8.63. The van der Waals surface area contributed by atoms with Crippen LogP contribution in [0.1, 0.15) is 47.5 Å². The molecule has 1 aliphatic heterocycles. The highest BCUT2D eigenvalue weighted by molar-refractivity contribution is 4.96. The highest BCUT2D eigenvalue weighted by Crippen LogP contribution is 2.21. The maximum Gasteiger partial charge on any atom is 0.0717 e. The SMILES string of the molecule is CC.CC(C)CCC(C)N1CC(C#N)C1. The number of nitrogens with zero attached hydrogens (tertiary/aromatic N) is 2. The van der Waals surface area contributed by atoms with Gasteiger partial charge in [0.15, 0.2) is 0 Å². The standard InChI is InChI=1S/C11H20N2.C2H6/c1-9(2)4-5-10(3)13-7-11(6-12)8-13;1-2/h9-11H,4-5,7-8H2,1-3H3;1-2H3. The van der Waals surface area contributed by atoms with Crippen LogP contribution in [0, 0.1) is 23.2 Å². The maximum atomic E-state index is 8.63. The molecule has 1 rings (SSSR count). The summed E-state index contributed by atoms with van der Waals surface area (Å²) in [5.74, 6) is 1.11. The van der Waals surface area contributed by atoms with Crippen LogP contribution in [0.3, 0.4) is 0 Å². The van der Waals surface area contributed by atoms with E-state index in [2.05, 4.69) is 31.7 Å². The Kier molecular flexibility index (Phi) is 7.42. The van der Waals surface area contributed by atoms with Crippen LogP contribution in [0.2, 0.25) is 0 Å². The van der Waals surface area contributed by atoms with Gasteiger partial charge in [0.2, 0.25) is 0 Å². The minimum absolute atomic E-state index is 0.307. The molecule has 1 fully saturated rings. The molecule has 88 valence electrons. The third-order valence-corrected chi connectivity index (χ3v) is 2.88. The van der Waals surface area contributed by atoms with Crippen LogP contribution in [0.4, 0.5) is 0 Å². The summed E-state index contributed by atoms with van der Waals surface area (Å²) in [6.45, 7) is 12.8. The molecule has 0 saturated carbocycles. The molecule has 0 aromatic carbocycles. The molecule has 0 aromatic rings. The van der Waals surface area contributed by atoms with E-state index in [0.717, 1.165) is 19.0 Å². The number of rotatable bonds is 4. The number of likely N-dealkylation sites (tertiary alicyclic amines) is 1. The van der Waals surface area contributed by atoms with E-state index < -0.39 is 0 Å². The summed E-state index contributed by atoms with van der Waals surface area (Å²) in [7, 11) is 0. The van der Waals surface area contributed by atoms with E-state index in [9.17, 15) is 0 Å². The van der Waals surface area contributed by atoms with Crippen molar-refractivity contribution in [3.8, 4) is 6.07 Å². The normalized spacial score (nSPS) is 18.7. The molecular formula is C13H26N2. The van der Waals surface area contributed by atoms with Crippen LogP contribution in [-0.2, 0) is 0 Å². The quantitative estimate of drug-likeness (QED) is 0.712. The topological polar surface area (TPSA) is 27.0 Å². The van der Waals surface area contributed by atoms with Crippen LogP contribution >= 0.6 is 0 Å². The van der Waals surface area contributed by atoms with Crippen LogP contribution in [0.15, 0.2) is 0 Å². The van der Waals surface area contributed by atoms with Gasteiger partial charge in [-0.2, -0.15) is 5.26 Å². The molecule has 0 radical (unpaired) electrons. The summed E-state index contributed by atoms with van der Waals surface area (Å²) >= 11 is 0. The molecule has 0 bridgehead atoms. The van der Waals surface area contributed by atoms with Gasteiger partial charge in [-0.3, -0.25) is 4.90 Å². The Morgan fingerprint density at radius 2 is 1.73 bits per heavy atom. The van der Waals surface area contributed by atoms with Gasteiger partial charge in [-0.25, -0.2) is 0 Å². The molecule has 1 unspecified atom stereocenters. The minimum atomic E-state index is 0.307. The second kappa shape index (κ2) is 7.70. The molecule has 15 heavy (non-hydrogen) atoms. The molecule has 1 saturated heterocycles. The number of hydrogen-bond donors (Lipinski definition) is 0. The third-order valence-electron chi connectivity index (χ3n) is 2.88. The van der Waals surface area contributed by atoms with Crippen LogP contribution in [-0.4, -0.2) is 24.0 Å². The monoisotopic (exact) mass is 210 g/mol. The van der Waals surface area contributed by atoms with Crippen LogP contribution in [0.5, 0.6) is 0 Å². The Hall–Kier alpha value is -0.550. The molecular weight excluding hydrogens is 184 g/mol. The third kappa shape index (κ3) is 5.18. The van der Waals surface area contributed by atoms with E-state index in [4.69, 9.17) is 5.26 Å². The van der Waals surface area contributed by atoms with Gasteiger partial charge < -0.3 is 0 Å². The first-order valence-corrected chi connectivity index (χ1v) is 6.27. The Balaban J connectivity index is 0.000000921. The van der Waals surface area contributed by atoms with Crippen LogP contribution < -0.4 is 0 Å². The Morgan fingerprint density at radius 1 is 1.20 bits per heavy atom. The molecule has 0 N–H and O–H groups in total. The minimum Gasteiger partial charge on any atom is -0.298 e.